The SMILES string of the molecule is N#Cc1ccc(C#CC2=CCCCC2)c(C(F)(F)F)c1. The third-order valence-corrected chi connectivity index (χ3v) is 3.10. The molecule has 0 fully saturated rings. The lowest BCUT2D eigenvalue weighted by Gasteiger charge is -2.09. The van der Waals surface area contributed by atoms with Gasteiger partial charge in [0.1, 0.15) is 0 Å². The van der Waals surface area contributed by atoms with Crippen molar-refractivity contribution in [2.45, 2.75) is 31.9 Å². The molecule has 0 amide bonds. The van der Waals surface area contributed by atoms with Crippen LogP contribution in [0.15, 0.2) is 29.8 Å². The van der Waals surface area contributed by atoms with E-state index in [0.29, 0.717) is 0 Å². The molecule has 2 rings (SSSR count). The van der Waals surface area contributed by atoms with Crippen LogP contribution in [0.5, 0.6) is 0 Å². The number of alkyl halides is 3. The van der Waals surface area contributed by atoms with Crippen LogP contribution in [-0.2, 0) is 6.18 Å². The van der Waals surface area contributed by atoms with E-state index in [9.17, 15) is 13.2 Å². The number of hydrogen-bond donors (Lipinski definition) is 0. The quantitative estimate of drug-likeness (QED) is 0.642. The van der Waals surface area contributed by atoms with Crippen molar-refractivity contribution in [1.82, 2.24) is 0 Å². The summed E-state index contributed by atoms with van der Waals surface area (Å²) < 4.78 is 38.8. The first-order valence-electron chi connectivity index (χ1n) is 6.33. The van der Waals surface area contributed by atoms with Crippen LogP contribution in [0.25, 0.3) is 0 Å². The third kappa shape index (κ3) is 3.42. The molecular weight excluding hydrogens is 263 g/mol. The average molecular weight is 275 g/mol. The molecule has 1 aromatic rings. The molecule has 20 heavy (non-hydrogen) atoms. The van der Waals surface area contributed by atoms with Crippen molar-refractivity contribution in [3.05, 3.63) is 46.5 Å². The van der Waals surface area contributed by atoms with Crippen LogP contribution in [0.1, 0.15) is 42.4 Å². The van der Waals surface area contributed by atoms with E-state index in [-0.39, 0.29) is 11.1 Å². The van der Waals surface area contributed by atoms with Gasteiger partial charge in [0.15, 0.2) is 0 Å². The average Bonchev–Trinajstić information content (AvgIpc) is 2.45. The van der Waals surface area contributed by atoms with Gasteiger partial charge in [0, 0.05) is 5.56 Å². The molecule has 0 bridgehead atoms. The molecule has 4 heteroatoms. The molecule has 0 N–H and O–H groups in total. The highest BCUT2D eigenvalue weighted by Gasteiger charge is 2.33. The summed E-state index contributed by atoms with van der Waals surface area (Å²) in [4.78, 5) is 0. The fraction of sp³-hybridized carbons (Fsp3) is 0.312. The van der Waals surface area contributed by atoms with Gasteiger partial charge in [0.05, 0.1) is 17.2 Å². The van der Waals surface area contributed by atoms with Gasteiger partial charge in [-0.1, -0.05) is 17.9 Å². The summed E-state index contributed by atoms with van der Waals surface area (Å²) in [5, 5.41) is 8.69. The largest absolute Gasteiger partial charge is 0.417 e. The molecule has 0 unspecified atom stereocenters. The summed E-state index contributed by atoms with van der Waals surface area (Å²) in [5.41, 5.74) is -0.0445. The van der Waals surface area contributed by atoms with Crippen LogP contribution < -0.4 is 0 Å². The third-order valence-electron chi connectivity index (χ3n) is 3.10. The minimum absolute atomic E-state index is 0.0141. The Bertz CT molecular complexity index is 636. The lowest BCUT2D eigenvalue weighted by atomic mass is 9.99. The smallest absolute Gasteiger partial charge is 0.192 e. The minimum atomic E-state index is -4.50. The maximum atomic E-state index is 12.9. The van der Waals surface area contributed by atoms with Gasteiger partial charge in [0.2, 0.25) is 0 Å². The summed E-state index contributed by atoms with van der Waals surface area (Å²) in [6.07, 6.45) is 1.37. The summed E-state index contributed by atoms with van der Waals surface area (Å²) >= 11 is 0. The Balaban J connectivity index is 2.39. The number of rotatable bonds is 0. The summed E-state index contributed by atoms with van der Waals surface area (Å²) in [7, 11) is 0. The Labute approximate surface area is 115 Å². The predicted molar refractivity (Wildman–Crippen MR) is 69.6 cm³/mol. The highest BCUT2D eigenvalue weighted by atomic mass is 19.4. The number of benzene rings is 1. The zero-order chi connectivity index (χ0) is 14.6. The number of allylic oxidation sites excluding steroid dienone is 2. The second kappa shape index (κ2) is 5.84. The molecule has 0 spiro atoms. The molecule has 0 aliphatic heterocycles. The van der Waals surface area contributed by atoms with Gasteiger partial charge >= 0.3 is 6.18 Å². The van der Waals surface area contributed by atoms with Crippen molar-refractivity contribution in [1.29, 1.82) is 5.26 Å². The zero-order valence-electron chi connectivity index (χ0n) is 10.7. The molecule has 1 aliphatic rings. The molecule has 1 nitrogen and oxygen atoms in total. The van der Waals surface area contributed by atoms with E-state index >= 15 is 0 Å². The van der Waals surface area contributed by atoms with Crippen molar-refractivity contribution in [2.75, 3.05) is 0 Å². The van der Waals surface area contributed by atoms with Gasteiger partial charge in [-0.2, -0.15) is 18.4 Å². The van der Waals surface area contributed by atoms with Crippen molar-refractivity contribution >= 4 is 0 Å². The topological polar surface area (TPSA) is 23.8 Å². The molecule has 0 aromatic heterocycles. The monoisotopic (exact) mass is 275 g/mol. The molecule has 0 atom stereocenters. The lowest BCUT2D eigenvalue weighted by Crippen LogP contribution is -2.08. The number of nitrogens with zero attached hydrogens (tertiary/aromatic N) is 1. The van der Waals surface area contributed by atoms with E-state index in [2.05, 4.69) is 11.8 Å². The number of nitriles is 1. The van der Waals surface area contributed by atoms with E-state index in [0.717, 1.165) is 37.3 Å². The second-order valence-corrected chi connectivity index (χ2v) is 4.60. The van der Waals surface area contributed by atoms with Crippen LogP contribution in [0, 0.1) is 23.2 Å². The fourth-order valence-electron chi connectivity index (χ4n) is 2.06. The van der Waals surface area contributed by atoms with Crippen LogP contribution in [0.4, 0.5) is 13.2 Å². The van der Waals surface area contributed by atoms with Crippen molar-refractivity contribution < 1.29 is 13.2 Å². The van der Waals surface area contributed by atoms with Crippen molar-refractivity contribution in [2.24, 2.45) is 0 Å². The molecule has 102 valence electrons. The van der Waals surface area contributed by atoms with Crippen molar-refractivity contribution in [3.8, 4) is 17.9 Å². The van der Waals surface area contributed by atoms with Gasteiger partial charge in [-0.25, -0.2) is 0 Å². The molecule has 0 heterocycles. The lowest BCUT2D eigenvalue weighted by molar-refractivity contribution is -0.137. The first-order valence-corrected chi connectivity index (χ1v) is 6.33. The van der Waals surface area contributed by atoms with E-state index in [1.165, 1.54) is 12.1 Å². The maximum Gasteiger partial charge on any atom is 0.417 e. The number of halogens is 3. The van der Waals surface area contributed by atoms with E-state index in [4.69, 9.17) is 5.26 Å². The molecule has 0 saturated carbocycles. The van der Waals surface area contributed by atoms with E-state index < -0.39 is 11.7 Å². The Morgan fingerprint density at radius 2 is 1.90 bits per heavy atom. The predicted octanol–water partition coefficient (Wildman–Crippen LogP) is 4.43. The van der Waals surface area contributed by atoms with E-state index in [1.54, 1.807) is 6.07 Å². The van der Waals surface area contributed by atoms with Gasteiger partial charge in [-0.3, -0.25) is 0 Å². The van der Waals surface area contributed by atoms with Crippen LogP contribution in [0.3, 0.4) is 0 Å². The number of hydrogen-bond acceptors (Lipinski definition) is 1. The molecule has 1 aromatic carbocycles. The first kappa shape index (κ1) is 14.2. The summed E-state index contributed by atoms with van der Waals surface area (Å²) in [6, 6.07) is 5.18. The normalized spacial score (nSPS) is 14.8. The second-order valence-electron chi connectivity index (χ2n) is 4.60. The van der Waals surface area contributed by atoms with Crippen molar-refractivity contribution in [3.63, 3.8) is 0 Å². The maximum absolute atomic E-state index is 12.9. The Kier molecular flexibility index (Phi) is 4.15. The van der Waals surface area contributed by atoms with Crippen LogP contribution in [0.2, 0.25) is 0 Å². The van der Waals surface area contributed by atoms with Gasteiger partial charge in [0.25, 0.3) is 0 Å². The van der Waals surface area contributed by atoms with Gasteiger partial charge in [-0.05, 0) is 49.5 Å². The summed E-state index contributed by atoms with van der Waals surface area (Å²) in [6.45, 7) is 0. The molecule has 0 radical (unpaired) electrons. The Morgan fingerprint density at radius 3 is 2.50 bits per heavy atom. The highest BCUT2D eigenvalue weighted by Crippen LogP contribution is 2.32. The van der Waals surface area contributed by atoms with E-state index in [1.807, 2.05) is 6.08 Å². The fourth-order valence-corrected chi connectivity index (χ4v) is 2.06. The molecular formula is C16H12F3N. The standard InChI is InChI=1S/C16H12F3N/c17-16(18,19)15-10-13(11-20)7-9-14(15)8-6-12-4-2-1-3-5-12/h4,7,9-10H,1-3,5H2. The van der Waals surface area contributed by atoms with Crippen LogP contribution >= 0.6 is 0 Å². The van der Waals surface area contributed by atoms with Gasteiger partial charge < -0.3 is 0 Å². The summed E-state index contributed by atoms with van der Waals surface area (Å²) in [5.74, 6) is 5.41. The highest BCUT2D eigenvalue weighted by molar-refractivity contribution is 5.50. The first-order chi connectivity index (χ1) is 9.50. The Hall–Kier alpha value is -2.20. The molecule has 0 saturated heterocycles. The minimum Gasteiger partial charge on any atom is -0.192 e. The van der Waals surface area contributed by atoms with Crippen LogP contribution in [-0.4, -0.2) is 0 Å². The Morgan fingerprint density at radius 1 is 1.10 bits per heavy atom. The zero-order valence-corrected chi connectivity index (χ0v) is 10.7. The van der Waals surface area contributed by atoms with Gasteiger partial charge in [-0.15, -0.1) is 0 Å². The molecule has 1 aliphatic carbocycles.